The number of sulfonamides is 1. The Morgan fingerprint density at radius 1 is 1.04 bits per heavy atom. The van der Waals surface area contributed by atoms with Gasteiger partial charge in [0.1, 0.15) is 5.75 Å². The molecule has 2 aromatic carbocycles. The number of hydrogen-bond donors (Lipinski definition) is 2. The molecule has 0 aliphatic carbocycles. The molecule has 0 saturated carbocycles. The number of hydrogen-bond acceptors (Lipinski definition) is 4. The molecule has 7 heteroatoms. The second kappa shape index (κ2) is 7.14. The van der Waals surface area contributed by atoms with Crippen LogP contribution in [-0.2, 0) is 14.8 Å². The summed E-state index contributed by atoms with van der Waals surface area (Å²) in [4.78, 5) is 11.0. The first-order valence-corrected chi connectivity index (χ1v) is 9.21. The first-order chi connectivity index (χ1) is 11.6. The summed E-state index contributed by atoms with van der Waals surface area (Å²) in [6.07, 6.45) is 0. The Hall–Kier alpha value is -2.54. The summed E-state index contributed by atoms with van der Waals surface area (Å²) in [5, 5.41) is 0. The first kappa shape index (κ1) is 18.8. The van der Waals surface area contributed by atoms with Crippen molar-refractivity contribution in [3.63, 3.8) is 0 Å². The van der Waals surface area contributed by atoms with E-state index in [-0.39, 0.29) is 6.61 Å². The fourth-order valence-electron chi connectivity index (χ4n) is 2.56. The number of ether oxygens (including phenoxy) is 1. The predicted molar refractivity (Wildman–Crippen MR) is 97.3 cm³/mol. The van der Waals surface area contributed by atoms with Gasteiger partial charge in [0.15, 0.2) is 6.61 Å². The van der Waals surface area contributed by atoms with E-state index < -0.39 is 15.9 Å². The Bertz CT molecular complexity index is 877. The SMILES string of the molecule is Cc1cc(C)c(C)c(S(=O)(=O)Nc2ccc(OCC(N)=O)cc2)c1C. The van der Waals surface area contributed by atoms with Gasteiger partial charge in [-0.2, -0.15) is 0 Å². The largest absolute Gasteiger partial charge is 0.484 e. The van der Waals surface area contributed by atoms with Gasteiger partial charge in [-0.05, 0) is 74.2 Å². The summed E-state index contributed by atoms with van der Waals surface area (Å²) < 4.78 is 33.4. The fourth-order valence-corrected chi connectivity index (χ4v) is 4.24. The molecule has 134 valence electrons. The lowest BCUT2D eigenvalue weighted by Crippen LogP contribution is -2.20. The first-order valence-electron chi connectivity index (χ1n) is 7.73. The van der Waals surface area contributed by atoms with Crippen molar-refractivity contribution in [3.8, 4) is 5.75 Å². The fraction of sp³-hybridized carbons (Fsp3) is 0.278. The number of amides is 1. The van der Waals surface area contributed by atoms with E-state index in [4.69, 9.17) is 10.5 Å². The van der Waals surface area contributed by atoms with E-state index in [1.807, 2.05) is 19.9 Å². The summed E-state index contributed by atoms with van der Waals surface area (Å²) in [6, 6.07) is 8.26. The molecule has 0 saturated heterocycles. The summed E-state index contributed by atoms with van der Waals surface area (Å²) >= 11 is 0. The summed E-state index contributed by atoms with van der Waals surface area (Å²) in [5.74, 6) is -0.147. The molecular weight excluding hydrogens is 340 g/mol. The number of nitrogens with one attached hydrogen (secondary N) is 1. The normalized spacial score (nSPS) is 11.2. The third kappa shape index (κ3) is 4.30. The minimum Gasteiger partial charge on any atom is -0.484 e. The Balaban J connectivity index is 2.29. The van der Waals surface area contributed by atoms with E-state index in [0.717, 1.165) is 22.3 Å². The molecule has 25 heavy (non-hydrogen) atoms. The van der Waals surface area contributed by atoms with Crippen molar-refractivity contribution in [2.24, 2.45) is 5.73 Å². The van der Waals surface area contributed by atoms with Crippen molar-refractivity contribution in [3.05, 3.63) is 52.6 Å². The quantitative estimate of drug-likeness (QED) is 0.825. The maximum atomic E-state index is 12.8. The van der Waals surface area contributed by atoms with Crippen LogP contribution in [0.5, 0.6) is 5.75 Å². The van der Waals surface area contributed by atoms with Crippen LogP contribution in [0, 0.1) is 27.7 Å². The third-order valence-electron chi connectivity index (χ3n) is 4.05. The Labute approximate surface area is 148 Å². The van der Waals surface area contributed by atoms with Gasteiger partial charge in [-0.3, -0.25) is 9.52 Å². The van der Waals surface area contributed by atoms with Crippen LogP contribution >= 0.6 is 0 Å². The van der Waals surface area contributed by atoms with Crippen LogP contribution in [0.3, 0.4) is 0 Å². The van der Waals surface area contributed by atoms with Crippen molar-refractivity contribution in [1.82, 2.24) is 0 Å². The molecule has 0 spiro atoms. The molecule has 0 bridgehead atoms. The van der Waals surface area contributed by atoms with Gasteiger partial charge in [0.25, 0.3) is 15.9 Å². The standard InChI is InChI=1S/C18H22N2O4S/c1-11-9-12(2)14(4)18(13(11)3)25(22,23)20-15-5-7-16(8-6-15)24-10-17(19)21/h5-9,20H,10H2,1-4H3,(H2,19,21). The second-order valence-electron chi connectivity index (χ2n) is 5.97. The zero-order valence-corrected chi connectivity index (χ0v) is 15.5. The van der Waals surface area contributed by atoms with Crippen LogP contribution in [0.25, 0.3) is 0 Å². The van der Waals surface area contributed by atoms with Gasteiger partial charge in [-0.25, -0.2) is 8.42 Å². The summed E-state index contributed by atoms with van der Waals surface area (Å²) in [5.41, 5.74) is 8.75. The molecule has 0 aliphatic rings. The predicted octanol–water partition coefficient (Wildman–Crippen LogP) is 2.59. The number of carbonyl (C=O) groups is 1. The minimum atomic E-state index is -3.72. The molecule has 1 amide bonds. The van der Waals surface area contributed by atoms with Gasteiger partial charge in [0.2, 0.25) is 0 Å². The molecule has 0 radical (unpaired) electrons. The van der Waals surface area contributed by atoms with Gasteiger partial charge in [-0.1, -0.05) is 6.07 Å². The van der Waals surface area contributed by atoms with Crippen LogP contribution in [0.2, 0.25) is 0 Å². The maximum absolute atomic E-state index is 12.8. The van der Waals surface area contributed by atoms with Crippen molar-refractivity contribution in [2.75, 3.05) is 11.3 Å². The molecule has 6 nitrogen and oxygen atoms in total. The highest BCUT2D eigenvalue weighted by molar-refractivity contribution is 7.92. The lowest BCUT2D eigenvalue weighted by Gasteiger charge is -2.17. The van der Waals surface area contributed by atoms with Gasteiger partial charge >= 0.3 is 0 Å². The van der Waals surface area contributed by atoms with Crippen molar-refractivity contribution in [1.29, 1.82) is 0 Å². The number of primary amides is 1. The van der Waals surface area contributed by atoms with Gasteiger partial charge in [-0.15, -0.1) is 0 Å². The molecule has 0 aliphatic heterocycles. The molecular formula is C18H22N2O4S. The Morgan fingerprint density at radius 2 is 1.56 bits per heavy atom. The Kier molecular flexibility index (Phi) is 5.37. The molecule has 2 aromatic rings. The molecule has 3 N–H and O–H groups in total. The third-order valence-corrected chi connectivity index (χ3v) is 5.71. The number of nitrogens with two attached hydrogens (primary N) is 1. The lowest BCUT2D eigenvalue weighted by atomic mass is 10.0. The monoisotopic (exact) mass is 362 g/mol. The van der Waals surface area contributed by atoms with Crippen LogP contribution in [-0.4, -0.2) is 20.9 Å². The molecule has 0 unspecified atom stereocenters. The smallest absolute Gasteiger partial charge is 0.262 e. The average molecular weight is 362 g/mol. The average Bonchev–Trinajstić information content (AvgIpc) is 2.52. The van der Waals surface area contributed by atoms with Crippen LogP contribution in [0.1, 0.15) is 22.3 Å². The highest BCUT2D eigenvalue weighted by atomic mass is 32.2. The molecule has 0 heterocycles. The summed E-state index contributed by atoms with van der Waals surface area (Å²) in [7, 11) is -3.72. The van der Waals surface area contributed by atoms with Crippen molar-refractivity contribution >= 4 is 21.6 Å². The van der Waals surface area contributed by atoms with Gasteiger partial charge < -0.3 is 10.5 Å². The highest BCUT2D eigenvalue weighted by Gasteiger charge is 2.22. The van der Waals surface area contributed by atoms with E-state index in [0.29, 0.717) is 16.3 Å². The van der Waals surface area contributed by atoms with E-state index in [9.17, 15) is 13.2 Å². The van der Waals surface area contributed by atoms with Gasteiger partial charge in [0.05, 0.1) is 4.90 Å². The molecule has 0 atom stereocenters. The zero-order chi connectivity index (χ0) is 18.8. The summed E-state index contributed by atoms with van der Waals surface area (Å²) in [6.45, 7) is 7.16. The van der Waals surface area contributed by atoms with Gasteiger partial charge in [0, 0.05) is 5.69 Å². The van der Waals surface area contributed by atoms with Crippen molar-refractivity contribution < 1.29 is 17.9 Å². The second-order valence-corrected chi connectivity index (χ2v) is 7.59. The number of aryl methyl sites for hydroxylation is 2. The van der Waals surface area contributed by atoms with E-state index >= 15 is 0 Å². The molecule has 2 rings (SSSR count). The Morgan fingerprint density at radius 3 is 2.04 bits per heavy atom. The maximum Gasteiger partial charge on any atom is 0.262 e. The number of carbonyl (C=O) groups excluding carboxylic acids is 1. The lowest BCUT2D eigenvalue weighted by molar-refractivity contribution is -0.119. The number of rotatable bonds is 6. The van der Waals surface area contributed by atoms with Crippen LogP contribution < -0.4 is 15.2 Å². The van der Waals surface area contributed by atoms with E-state index in [2.05, 4.69) is 4.72 Å². The highest BCUT2D eigenvalue weighted by Crippen LogP contribution is 2.28. The number of anilines is 1. The van der Waals surface area contributed by atoms with E-state index in [1.54, 1.807) is 38.1 Å². The topological polar surface area (TPSA) is 98.5 Å². The van der Waals surface area contributed by atoms with E-state index in [1.165, 1.54) is 0 Å². The minimum absolute atomic E-state index is 0.230. The molecule has 0 fully saturated rings. The zero-order valence-electron chi connectivity index (χ0n) is 14.7. The van der Waals surface area contributed by atoms with Crippen molar-refractivity contribution in [2.45, 2.75) is 32.6 Å². The molecule has 0 aromatic heterocycles. The number of benzene rings is 2. The van der Waals surface area contributed by atoms with Crippen LogP contribution in [0.4, 0.5) is 5.69 Å². The van der Waals surface area contributed by atoms with Crippen LogP contribution in [0.15, 0.2) is 35.2 Å².